The minimum atomic E-state index is -0.562. The van der Waals surface area contributed by atoms with Gasteiger partial charge in [-0.1, -0.05) is 0 Å². The number of ether oxygens (including phenoxy) is 1. The van der Waals surface area contributed by atoms with E-state index in [0.29, 0.717) is 22.9 Å². The first-order valence-corrected chi connectivity index (χ1v) is 5.23. The second-order valence-corrected chi connectivity index (χ2v) is 3.86. The Kier molecular flexibility index (Phi) is 2.81. The van der Waals surface area contributed by atoms with Gasteiger partial charge in [0, 0.05) is 0 Å². The molecule has 0 fully saturated rings. The van der Waals surface area contributed by atoms with Crippen molar-refractivity contribution in [3.05, 3.63) is 23.8 Å². The molecule has 2 rings (SSSR count). The van der Waals surface area contributed by atoms with Gasteiger partial charge in [0.1, 0.15) is 5.69 Å². The summed E-state index contributed by atoms with van der Waals surface area (Å²) in [5, 5.41) is 0. The van der Waals surface area contributed by atoms with Crippen LogP contribution in [-0.2, 0) is 0 Å². The summed E-state index contributed by atoms with van der Waals surface area (Å²) in [4.78, 5) is 20.3. The molecule has 2 aromatic rings. The summed E-state index contributed by atoms with van der Waals surface area (Å²) < 4.78 is 6.68. The van der Waals surface area contributed by atoms with Gasteiger partial charge in [-0.15, -0.1) is 0 Å². The second kappa shape index (κ2) is 4.14. The van der Waals surface area contributed by atoms with Crippen LogP contribution in [0.4, 0.5) is 0 Å². The number of Topliss-reactive ketones (excluding diaryl/α,β-unsaturated/α-hetero) is 1. The van der Waals surface area contributed by atoms with Crippen LogP contribution in [-0.4, -0.2) is 33.3 Å². The molecule has 2 aromatic heterocycles. The zero-order valence-electron chi connectivity index (χ0n) is 9.97. The third kappa shape index (κ3) is 1.87. The summed E-state index contributed by atoms with van der Waals surface area (Å²) in [6.07, 6.45) is 3.19. The van der Waals surface area contributed by atoms with Crippen LogP contribution in [0.1, 0.15) is 23.1 Å². The second-order valence-electron chi connectivity index (χ2n) is 3.86. The van der Waals surface area contributed by atoms with Gasteiger partial charge in [-0.05, 0) is 13.8 Å². The van der Waals surface area contributed by atoms with Crippen molar-refractivity contribution >= 4 is 11.4 Å². The van der Waals surface area contributed by atoms with Gasteiger partial charge in [-0.25, -0.2) is 9.97 Å². The Labute approximate surface area is 98.4 Å². The standard InChI is InChI=1S/C11H14N4O2/c1-6(12)11(16)10-7(2)14-8-4-13-9(17-3)5-15(8)10/h4-6H,12H2,1-3H3. The average molecular weight is 234 g/mol. The zero-order valence-corrected chi connectivity index (χ0v) is 9.97. The summed E-state index contributed by atoms with van der Waals surface area (Å²) in [5.74, 6) is 0.275. The lowest BCUT2D eigenvalue weighted by Gasteiger charge is -2.06. The van der Waals surface area contributed by atoms with E-state index in [0.717, 1.165) is 0 Å². The molecule has 0 aliphatic rings. The third-order valence-electron chi connectivity index (χ3n) is 2.52. The lowest BCUT2D eigenvalue weighted by atomic mass is 10.1. The molecule has 2 N–H and O–H groups in total. The molecule has 0 radical (unpaired) electrons. The Morgan fingerprint density at radius 3 is 2.88 bits per heavy atom. The smallest absolute Gasteiger partial charge is 0.230 e. The van der Waals surface area contributed by atoms with Crippen LogP contribution in [0, 0.1) is 6.92 Å². The molecule has 1 atom stereocenters. The predicted molar refractivity (Wildman–Crippen MR) is 62.3 cm³/mol. The minimum absolute atomic E-state index is 0.150. The molecular formula is C11H14N4O2. The Morgan fingerprint density at radius 1 is 1.59 bits per heavy atom. The first-order valence-electron chi connectivity index (χ1n) is 5.23. The molecule has 0 spiro atoms. The molecule has 6 nitrogen and oxygen atoms in total. The lowest BCUT2D eigenvalue weighted by Crippen LogP contribution is -2.28. The number of nitrogens with two attached hydrogens (primary N) is 1. The lowest BCUT2D eigenvalue weighted by molar-refractivity contribution is 0.0961. The maximum atomic E-state index is 12.0. The van der Waals surface area contributed by atoms with Gasteiger partial charge in [0.25, 0.3) is 0 Å². The van der Waals surface area contributed by atoms with Crippen LogP contribution in [0.2, 0.25) is 0 Å². The number of methoxy groups -OCH3 is 1. The predicted octanol–water partition coefficient (Wildman–Crippen LogP) is 0.576. The molecule has 0 aliphatic heterocycles. The number of aromatic nitrogens is 3. The van der Waals surface area contributed by atoms with E-state index in [1.807, 2.05) is 0 Å². The molecule has 0 aromatic carbocycles. The molecule has 0 bridgehead atoms. The number of hydrogen-bond donors (Lipinski definition) is 1. The summed E-state index contributed by atoms with van der Waals surface area (Å²) in [6, 6.07) is -0.562. The van der Waals surface area contributed by atoms with Crippen LogP contribution in [0.3, 0.4) is 0 Å². The summed E-state index contributed by atoms with van der Waals surface area (Å²) in [5.41, 5.74) is 7.35. The van der Waals surface area contributed by atoms with Gasteiger partial charge in [0.05, 0.1) is 31.2 Å². The van der Waals surface area contributed by atoms with Crippen molar-refractivity contribution in [3.63, 3.8) is 0 Å². The Hall–Kier alpha value is -1.95. The van der Waals surface area contributed by atoms with Crippen molar-refractivity contribution in [1.29, 1.82) is 0 Å². The molecule has 90 valence electrons. The highest BCUT2D eigenvalue weighted by Crippen LogP contribution is 2.16. The number of ketones is 1. The minimum Gasteiger partial charge on any atom is -0.480 e. The number of carbonyl (C=O) groups excluding carboxylic acids is 1. The quantitative estimate of drug-likeness (QED) is 0.785. The van der Waals surface area contributed by atoms with Gasteiger partial charge in [-0.2, -0.15) is 0 Å². The van der Waals surface area contributed by atoms with Crippen LogP contribution in [0.5, 0.6) is 5.88 Å². The molecule has 17 heavy (non-hydrogen) atoms. The van der Waals surface area contributed by atoms with Crippen LogP contribution < -0.4 is 10.5 Å². The molecule has 6 heteroatoms. The zero-order chi connectivity index (χ0) is 12.6. The number of aryl methyl sites for hydroxylation is 1. The fourth-order valence-electron chi connectivity index (χ4n) is 1.67. The van der Waals surface area contributed by atoms with Crippen LogP contribution in [0.15, 0.2) is 12.4 Å². The summed E-state index contributed by atoms with van der Waals surface area (Å²) >= 11 is 0. The SMILES string of the molecule is COc1cn2c(C(=O)C(C)N)c(C)nc2cn1. The van der Waals surface area contributed by atoms with Crippen LogP contribution in [0.25, 0.3) is 5.65 Å². The van der Waals surface area contributed by atoms with E-state index in [9.17, 15) is 4.79 Å². The molecule has 1 unspecified atom stereocenters. The molecular weight excluding hydrogens is 220 g/mol. The monoisotopic (exact) mass is 234 g/mol. The fraction of sp³-hybridized carbons (Fsp3) is 0.364. The van der Waals surface area contributed by atoms with E-state index >= 15 is 0 Å². The van der Waals surface area contributed by atoms with E-state index in [4.69, 9.17) is 10.5 Å². The first-order chi connectivity index (χ1) is 8.04. The van der Waals surface area contributed by atoms with Crippen molar-refractivity contribution in [2.75, 3.05) is 7.11 Å². The average Bonchev–Trinajstić information content (AvgIpc) is 2.62. The largest absolute Gasteiger partial charge is 0.480 e. The van der Waals surface area contributed by atoms with E-state index in [2.05, 4.69) is 9.97 Å². The third-order valence-corrected chi connectivity index (χ3v) is 2.52. The van der Waals surface area contributed by atoms with E-state index in [1.54, 1.807) is 30.6 Å². The number of rotatable bonds is 3. The number of carbonyl (C=O) groups is 1. The topological polar surface area (TPSA) is 82.5 Å². The van der Waals surface area contributed by atoms with Gasteiger partial charge in [-0.3, -0.25) is 9.20 Å². The van der Waals surface area contributed by atoms with Crippen molar-refractivity contribution < 1.29 is 9.53 Å². The van der Waals surface area contributed by atoms with Crippen molar-refractivity contribution in [2.45, 2.75) is 19.9 Å². The summed E-state index contributed by atoms with van der Waals surface area (Å²) in [6.45, 7) is 3.43. The normalized spacial score (nSPS) is 12.7. The Morgan fingerprint density at radius 2 is 2.29 bits per heavy atom. The maximum Gasteiger partial charge on any atom is 0.230 e. The molecule has 0 saturated carbocycles. The maximum absolute atomic E-state index is 12.0. The van der Waals surface area contributed by atoms with Crippen molar-refractivity contribution in [3.8, 4) is 5.88 Å². The molecule has 2 heterocycles. The van der Waals surface area contributed by atoms with Gasteiger partial charge >= 0.3 is 0 Å². The number of nitrogens with zero attached hydrogens (tertiary/aromatic N) is 3. The van der Waals surface area contributed by atoms with E-state index in [1.165, 1.54) is 7.11 Å². The number of fused-ring (bicyclic) bond motifs is 1. The highest BCUT2D eigenvalue weighted by Gasteiger charge is 2.20. The van der Waals surface area contributed by atoms with Crippen LogP contribution >= 0.6 is 0 Å². The highest BCUT2D eigenvalue weighted by atomic mass is 16.5. The van der Waals surface area contributed by atoms with Crippen molar-refractivity contribution in [1.82, 2.24) is 14.4 Å². The van der Waals surface area contributed by atoms with E-state index in [-0.39, 0.29) is 5.78 Å². The number of imidazole rings is 1. The Balaban J connectivity index is 2.68. The van der Waals surface area contributed by atoms with Gasteiger partial charge < -0.3 is 10.5 Å². The fourth-order valence-corrected chi connectivity index (χ4v) is 1.67. The highest BCUT2D eigenvalue weighted by molar-refractivity contribution is 6.00. The molecule has 0 saturated heterocycles. The van der Waals surface area contributed by atoms with Gasteiger partial charge in [0.2, 0.25) is 5.88 Å². The Bertz CT molecular complexity index is 574. The summed E-state index contributed by atoms with van der Waals surface area (Å²) in [7, 11) is 1.52. The van der Waals surface area contributed by atoms with E-state index < -0.39 is 6.04 Å². The van der Waals surface area contributed by atoms with Gasteiger partial charge in [0.15, 0.2) is 11.4 Å². The van der Waals surface area contributed by atoms with Crippen molar-refractivity contribution in [2.24, 2.45) is 5.73 Å². The number of hydrogen-bond acceptors (Lipinski definition) is 5. The molecule has 0 amide bonds. The molecule has 0 aliphatic carbocycles. The first kappa shape index (κ1) is 11.5.